The van der Waals surface area contributed by atoms with Gasteiger partial charge in [0.25, 0.3) is 5.91 Å². The minimum Gasteiger partial charge on any atom is -0.351 e. The molecular formula is C21H22F3N5O5S. The molecule has 0 bridgehead atoms. The van der Waals surface area contributed by atoms with Gasteiger partial charge in [0.2, 0.25) is 10.0 Å². The fourth-order valence-electron chi connectivity index (χ4n) is 3.54. The Morgan fingerprint density at radius 2 is 1.91 bits per heavy atom. The molecule has 0 spiro atoms. The molecule has 14 heteroatoms. The lowest BCUT2D eigenvalue weighted by Crippen LogP contribution is -2.43. The number of likely N-dealkylation sites (N-methyl/N-ethyl adjacent to an activating group) is 1. The number of nitrogens with one attached hydrogen (secondary N) is 3. The first kappa shape index (κ1) is 26.0. The van der Waals surface area contributed by atoms with Crippen LogP contribution < -0.4 is 15.4 Å². The molecule has 0 radical (unpaired) electrons. The van der Waals surface area contributed by atoms with Crippen molar-refractivity contribution >= 4 is 33.4 Å². The van der Waals surface area contributed by atoms with Crippen LogP contribution in [0, 0.1) is 17.5 Å². The first-order chi connectivity index (χ1) is 16.5. The number of anilines is 1. The van der Waals surface area contributed by atoms with Crippen LogP contribution in [0.4, 0.5) is 18.9 Å². The highest BCUT2D eigenvalue weighted by molar-refractivity contribution is 7.89. The van der Waals surface area contributed by atoms with Crippen LogP contribution in [0.1, 0.15) is 16.9 Å². The molecule has 1 aliphatic heterocycles. The van der Waals surface area contributed by atoms with Gasteiger partial charge in [0.15, 0.2) is 17.5 Å². The van der Waals surface area contributed by atoms with Gasteiger partial charge in [-0.2, -0.15) is 0 Å². The molecule has 0 saturated carbocycles. The predicted octanol–water partition coefficient (Wildman–Crippen LogP) is 0.969. The molecule has 1 aromatic heterocycles. The summed E-state index contributed by atoms with van der Waals surface area (Å²) in [7, 11) is -3.21. The van der Waals surface area contributed by atoms with E-state index in [1.807, 2.05) is 0 Å². The third-order valence-electron chi connectivity index (χ3n) is 5.21. The van der Waals surface area contributed by atoms with Crippen molar-refractivity contribution in [1.82, 2.24) is 19.5 Å². The van der Waals surface area contributed by atoms with Crippen LogP contribution in [-0.4, -0.2) is 61.8 Å². The average molecular weight is 513 g/mol. The van der Waals surface area contributed by atoms with Crippen molar-refractivity contribution in [2.24, 2.45) is 0 Å². The fraction of sp³-hybridized carbons (Fsp3) is 0.286. The monoisotopic (exact) mass is 513 g/mol. The lowest BCUT2D eigenvalue weighted by atomic mass is 10.3. The smallest absolute Gasteiger partial charge is 0.311 e. The largest absolute Gasteiger partial charge is 0.351 e. The van der Waals surface area contributed by atoms with E-state index in [0.29, 0.717) is 6.07 Å². The number of likely N-dealkylation sites (tertiary alicyclic amines) is 1. The molecule has 3 rings (SSSR count). The Balaban J connectivity index is 1.84. The van der Waals surface area contributed by atoms with Gasteiger partial charge in [-0.15, -0.1) is 6.58 Å². The highest BCUT2D eigenvalue weighted by atomic mass is 32.2. The van der Waals surface area contributed by atoms with Crippen molar-refractivity contribution in [2.45, 2.75) is 23.9 Å². The number of carbonyl (C=O) groups excluding carboxylic acids is 3. The maximum absolute atomic E-state index is 15.3. The maximum Gasteiger partial charge on any atom is 0.311 e. The van der Waals surface area contributed by atoms with E-state index in [1.165, 1.54) is 13.1 Å². The molecule has 1 aliphatic rings. The maximum atomic E-state index is 15.3. The van der Waals surface area contributed by atoms with Crippen molar-refractivity contribution in [3.8, 4) is 0 Å². The Hall–Kier alpha value is -3.65. The number of sulfonamides is 1. The second-order valence-electron chi connectivity index (χ2n) is 7.62. The number of halogens is 3. The van der Waals surface area contributed by atoms with Crippen LogP contribution in [0.5, 0.6) is 0 Å². The molecule has 35 heavy (non-hydrogen) atoms. The van der Waals surface area contributed by atoms with Crippen LogP contribution in [0.25, 0.3) is 0 Å². The van der Waals surface area contributed by atoms with Crippen LogP contribution in [0.3, 0.4) is 0 Å². The van der Waals surface area contributed by atoms with Gasteiger partial charge in [0.05, 0.1) is 0 Å². The minimum absolute atomic E-state index is 0.107. The average Bonchev–Trinajstić information content (AvgIpc) is 3.39. The van der Waals surface area contributed by atoms with Crippen molar-refractivity contribution < 1.29 is 36.0 Å². The molecule has 188 valence electrons. The molecular weight excluding hydrogens is 491 g/mol. The molecule has 2 heterocycles. The zero-order chi connectivity index (χ0) is 25.9. The number of hydrogen-bond acceptors (Lipinski definition) is 5. The SMILES string of the molecule is C=CCn1cc(S(=O)(=O)N[C@@H]2CCN(C(=O)C(=O)NC)C2)c(F)c1C(=O)Nc1ccc(F)c(F)c1. The van der Waals surface area contributed by atoms with Crippen LogP contribution in [-0.2, 0) is 26.2 Å². The molecule has 1 aromatic carbocycles. The van der Waals surface area contributed by atoms with E-state index in [1.54, 1.807) is 0 Å². The Kier molecular flexibility index (Phi) is 7.65. The highest BCUT2D eigenvalue weighted by Gasteiger charge is 2.35. The van der Waals surface area contributed by atoms with E-state index < -0.39 is 61.8 Å². The minimum atomic E-state index is -4.50. The summed E-state index contributed by atoms with van der Waals surface area (Å²) >= 11 is 0. The van der Waals surface area contributed by atoms with Crippen molar-refractivity contribution in [3.05, 3.63) is 60.2 Å². The fourth-order valence-corrected chi connectivity index (χ4v) is 4.90. The first-order valence-corrected chi connectivity index (χ1v) is 11.8. The van der Waals surface area contributed by atoms with Gasteiger partial charge in [-0.25, -0.2) is 26.3 Å². The summed E-state index contributed by atoms with van der Waals surface area (Å²) in [5.74, 6) is -6.52. The van der Waals surface area contributed by atoms with E-state index in [9.17, 15) is 31.6 Å². The van der Waals surface area contributed by atoms with Gasteiger partial charge in [0.1, 0.15) is 10.6 Å². The summed E-state index contributed by atoms with van der Waals surface area (Å²) < 4.78 is 71.0. The standard InChI is InChI=1S/C21H22F3N5O5S/c1-3-7-28-11-16(17(24)18(28)19(30)26-12-4-5-14(22)15(23)9-12)35(33,34)27-13-6-8-29(10-13)21(32)20(31)25-2/h3-5,9,11,13,27H,1,6-8,10H2,2H3,(H,25,31)(H,26,30)/t13-/m1/s1. The second kappa shape index (κ2) is 10.3. The number of aromatic nitrogens is 1. The van der Waals surface area contributed by atoms with Gasteiger partial charge < -0.3 is 20.1 Å². The number of rotatable bonds is 7. The van der Waals surface area contributed by atoms with E-state index in [2.05, 4.69) is 21.9 Å². The summed E-state index contributed by atoms with van der Waals surface area (Å²) in [6.07, 6.45) is 2.39. The second-order valence-corrected chi connectivity index (χ2v) is 9.30. The van der Waals surface area contributed by atoms with Crippen molar-refractivity contribution in [2.75, 3.05) is 25.5 Å². The van der Waals surface area contributed by atoms with E-state index in [0.717, 1.165) is 27.8 Å². The van der Waals surface area contributed by atoms with Crippen molar-refractivity contribution in [1.29, 1.82) is 0 Å². The lowest BCUT2D eigenvalue weighted by molar-refractivity contribution is -0.144. The molecule has 0 aliphatic carbocycles. The zero-order valence-electron chi connectivity index (χ0n) is 18.5. The molecule has 0 unspecified atom stereocenters. The summed E-state index contributed by atoms with van der Waals surface area (Å²) in [4.78, 5) is 36.5. The Labute approximate surface area is 198 Å². The van der Waals surface area contributed by atoms with Gasteiger partial charge in [-0.3, -0.25) is 14.4 Å². The topological polar surface area (TPSA) is 130 Å². The summed E-state index contributed by atoms with van der Waals surface area (Å²) in [6, 6.07) is 1.72. The molecule has 10 nitrogen and oxygen atoms in total. The third-order valence-corrected chi connectivity index (χ3v) is 6.72. The number of carbonyl (C=O) groups is 3. The molecule has 3 amide bonds. The van der Waals surface area contributed by atoms with Gasteiger partial charge in [0, 0.05) is 50.7 Å². The van der Waals surface area contributed by atoms with Gasteiger partial charge >= 0.3 is 11.8 Å². The van der Waals surface area contributed by atoms with Gasteiger partial charge in [-0.1, -0.05) is 6.08 Å². The van der Waals surface area contributed by atoms with Crippen LogP contribution in [0.2, 0.25) is 0 Å². The summed E-state index contributed by atoms with van der Waals surface area (Å²) in [5, 5.41) is 4.39. The Morgan fingerprint density at radius 1 is 1.20 bits per heavy atom. The van der Waals surface area contributed by atoms with E-state index in [-0.39, 0.29) is 31.7 Å². The lowest BCUT2D eigenvalue weighted by Gasteiger charge is -2.16. The summed E-state index contributed by atoms with van der Waals surface area (Å²) in [5.41, 5.74) is -0.841. The molecule has 1 atom stereocenters. The predicted molar refractivity (Wildman–Crippen MR) is 118 cm³/mol. The normalized spacial score (nSPS) is 15.7. The quantitative estimate of drug-likeness (QED) is 0.375. The van der Waals surface area contributed by atoms with E-state index in [4.69, 9.17) is 0 Å². The Morgan fingerprint density at radius 3 is 2.54 bits per heavy atom. The number of benzene rings is 1. The van der Waals surface area contributed by atoms with E-state index >= 15 is 4.39 Å². The van der Waals surface area contributed by atoms with Crippen molar-refractivity contribution in [3.63, 3.8) is 0 Å². The molecule has 1 fully saturated rings. The number of hydrogen-bond donors (Lipinski definition) is 3. The zero-order valence-corrected chi connectivity index (χ0v) is 19.3. The molecule has 1 saturated heterocycles. The Bertz CT molecular complexity index is 1290. The van der Waals surface area contributed by atoms with Gasteiger partial charge in [-0.05, 0) is 18.6 Å². The van der Waals surface area contributed by atoms with Crippen LogP contribution >= 0.6 is 0 Å². The number of nitrogens with zero attached hydrogens (tertiary/aromatic N) is 2. The first-order valence-electron chi connectivity index (χ1n) is 10.3. The molecule has 3 N–H and O–H groups in total. The third kappa shape index (κ3) is 5.54. The molecule has 2 aromatic rings. The summed E-state index contributed by atoms with van der Waals surface area (Å²) in [6.45, 7) is 3.36. The highest BCUT2D eigenvalue weighted by Crippen LogP contribution is 2.24. The number of allylic oxidation sites excluding steroid dienone is 1. The van der Waals surface area contributed by atoms with Crippen LogP contribution in [0.15, 0.2) is 41.9 Å². The number of amides is 3.